The van der Waals surface area contributed by atoms with Crippen molar-refractivity contribution in [2.24, 2.45) is 0 Å². The summed E-state index contributed by atoms with van der Waals surface area (Å²) in [6, 6.07) is 5.34. The molecule has 0 fully saturated rings. The van der Waals surface area contributed by atoms with Gasteiger partial charge in [-0.3, -0.25) is 0 Å². The smallest absolute Gasteiger partial charge is 0.406 e. The zero-order chi connectivity index (χ0) is 11.1. The highest BCUT2D eigenvalue weighted by Crippen LogP contribution is 2.11. The monoisotopic (exact) mass is 274 g/mol. The Labute approximate surface area is 95.9 Å². The highest BCUT2D eigenvalue weighted by Gasteiger charge is 1.99. The molecule has 0 spiro atoms. The van der Waals surface area contributed by atoms with Crippen LogP contribution in [0.15, 0.2) is 22.8 Å². The summed E-state index contributed by atoms with van der Waals surface area (Å²) in [5, 5.41) is 2.33. The Kier molecular flexibility index (Phi) is 4.89. The average molecular weight is 275 g/mol. The Morgan fingerprint density at radius 3 is 3.00 bits per heavy atom. The number of amides is 1. The van der Waals surface area contributed by atoms with Crippen molar-refractivity contribution in [2.45, 2.75) is 0 Å². The number of ether oxygens (including phenoxy) is 2. The van der Waals surface area contributed by atoms with E-state index in [1.165, 1.54) is 7.05 Å². The molecule has 0 aliphatic heterocycles. The van der Waals surface area contributed by atoms with E-state index in [1.54, 1.807) is 12.1 Å². The van der Waals surface area contributed by atoms with E-state index in [9.17, 15) is 4.79 Å². The van der Waals surface area contributed by atoms with E-state index in [-0.39, 0.29) is 13.2 Å². The van der Waals surface area contributed by atoms with Crippen molar-refractivity contribution >= 4 is 22.0 Å². The molecule has 5 nitrogen and oxygen atoms in total. The first-order chi connectivity index (χ1) is 7.22. The van der Waals surface area contributed by atoms with Crippen LogP contribution in [0.4, 0.5) is 4.79 Å². The number of carbonyl (C=O) groups is 1. The lowest BCUT2D eigenvalue weighted by molar-refractivity contribution is 0.125. The number of pyridine rings is 1. The van der Waals surface area contributed by atoms with Gasteiger partial charge in [-0.1, -0.05) is 6.07 Å². The van der Waals surface area contributed by atoms with Gasteiger partial charge < -0.3 is 14.8 Å². The van der Waals surface area contributed by atoms with Crippen molar-refractivity contribution in [3.05, 3.63) is 22.8 Å². The number of nitrogens with zero attached hydrogens (tertiary/aromatic N) is 1. The van der Waals surface area contributed by atoms with Gasteiger partial charge in [0.25, 0.3) is 0 Å². The van der Waals surface area contributed by atoms with Crippen molar-refractivity contribution in [1.29, 1.82) is 0 Å². The van der Waals surface area contributed by atoms with Crippen LogP contribution >= 0.6 is 15.9 Å². The fourth-order valence-corrected chi connectivity index (χ4v) is 1.15. The second kappa shape index (κ2) is 6.23. The normalized spacial score (nSPS) is 9.47. The van der Waals surface area contributed by atoms with Gasteiger partial charge in [-0.25, -0.2) is 9.78 Å². The van der Waals surface area contributed by atoms with Gasteiger partial charge in [0, 0.05) is 13.1 Å². The van der Waals surface area contributed by atoms with Crippen molar-refractivity contribution in [3.8, 4) is 5.88 Å². The molecule has 0 aliphatic carbocycles. The molecule has 0 aliphatic rings. The van der Waals surface area contributed by atoms with Gasteiger partial charge in [0.15, 0.2) is 0 Å². The van der Waals surface area contributed by atoms with E-state index < -0.39 is 6.09 Å². The largest absolute Gasteiger partial charge is 0.474 e. The SMILES string of the molecule is CNC(=O)OCCOc1cccc(Br)n1. The molecule has 0 unspecified atom stereocenters. The summed E-state index contributed by atoms with van der Waals surface area (Å²) in [5.74, 6) is 0.491. The third-order valence-electron chi connectivity index (χ3n) is 1.46. The number of alkyl carbamates (subject to hydrolysis) is 1. The van der Waals surface area contributed by atoms with Crippen molar-refractivity contribution in [3.63, 3.8) is 0 Å². The summed E-state index contributed by atoms with van der Waals surface area (Å²) in [7, 11) is 1.50. The quantitative estimate of drug-likeness (QED) is 0.669. The lowest BCUT2D eigenvalue weighted by Gasteiger charge is -2.06. The first-order valence-electron chi connectivity index (χ1n) is 4.32. The topological polar surface area (TPSA) is 60.5 Å². The summed E-state index contributed by atoms with van der Waals surface area (Å²) in [6.45, 7) is 0.463. The van der Waals surface area contributed by atoms with Gasteiger partial charge in [-0.05, 0) is 22.0 Å². The number of carbonyl (C=O) groups excluding carboxylic acids is 1. The molecule has 15 heavy (non-hydrogen) atoms. The first kappa shape index (κ1) is 11.8. The van der Waals surface area contributed by atoms with Crippen LogP contribution in [0.5, 0.6) is 5.88 Å². The van der Waals surface area contributed by atoms with E-state index in [4.69, 9.17) is 9.47 Å². The average Bonchev–Trinajstić information content (AvgIpc) is 2.24. The minimum absolute atomic E-state index is 0.188. The molecule has 1 amide bonds. The number of aromatic nitrogens is 1. The van der Waals surface area contributed by atoms with Crippen LogP contribution in [0.2, 0.25) is 0 Å². The predicted molar refractivity (Wildman–Crippen MR) is 57.8 cm³/mol. The Hall–Kier alpha value is -1.30. The Morgan fingerprint density at radius 2 is 2.33 bits per heavy atom. The molecular formula is C9H11BrN2O3. The minimum atomic E-state index is -0.471. The molecule has 1 N–H and O–H groups in total. The molecule has 0 saturated heterocycles. The molecular weight excluding hydrogens is 264 g/mol. The zero-order valence-corrected chi connectivity index (χ0v) is 9.78. The molecule has 0 saturated carbocycles. The number of halogens is 1. The van der Waals surface area contributed by atoms with Crippen LogP contribution < -0.4 is 10.1 Å². The van der Waals surface area contributed by atoms with Crippen LogP contribution in [0, 0.1) is 0 Å². The second-order valence-corrected chi connectivity index (χ2v) is 3.35. The number of rotatable bonds is 4. The van der Waals surface area contributed by atoms with Gasteiger partial charge in [0.05, 0.1) is 0 Å². The fourth-order valence-electron chi connectivity index (χ4n) is 0.823. The molecule has 1 rings (SSSR count). The summed E-state index contributed by atoms with van der Waals surface area (Å²) in [5.41, 5.74) is 0. The summed E-state index contributed by atoms with van der Waals surface area (Å²) in [4.78, 5) is 14.7. The van der Waals surface area contributed by atoms with Gasteiger partial charge in [0.2, 0.25) is 5.88 Å². The lowest BCUT2D eigenvalue weighted by atomic mass is 10.5. The number of nitrogens with one attached hydrogen (secondary N) is 1. The van der Waals surface area contributed by atoms with Gasteiger partial charge in [-0.15, -0.1) is 0 Å². The lowest BCUT2D eigenvalue weighted by Crippen LogP contribution is -2.21. The zero-order valence-electron chi connectivity index (χ0n) is 8.20. The van der Waals surface area contributed by atoms with E-state index in [1.807, 2.05) is 6.07 Å². The maximum Gasteiger partial charge on any atom is 0.406 e. The maximum atomic E-state index is 10.7. The van der Waals surface area contributed by atoms with Crippen LogP contribution in [-0.4, -0.2) is 31.3 Å². The third-order valence-corrected chi connectivity index (χ3v) is 1.90. The maximum absolute atomic E-state index is 10.7. The number of hydrogen-bond acceptors (Lipinski definition) is 4. The van der Waals surface area contributed by atoms with Crippen molar-refractivity contribution in [1.82, 2.24) is 10.3 Å². The highest BCUT2D eigenvalue weighted by atomic mass is 79.9. The van der Waals surface area contributed by atoms with E-state index in [2.05, 4.69) is 26.2 Å². The van der Waals surface area contributed by atoms with Gasteiger partial charge in [0.1, 0.15) is 17.8 Å². The predicted octanol–water partition coefficient (Wildman–Crippen LogP) is 1.58. The summed E-state index contributed by atoms with van der Waals surface area (Å²) >= 11 is 3.22. The van der Waals surface area contributed by atoms with Crippen molar-refractivity contribution < 1.29 is 14.3 Å². The molecule has 6 heteroatoms. The van der Waals surface area contributed by atoms with E-state index in [0.717, 1.165) is 0 Å². The Bertz CT molecular complexity index is 333. The molecule has 0 radical (unpaired) electrons. The van der Waals surface area contributed by atoms with E-state index >= 15 is 0 Å². The van der Waals surface area contributed by atoms with Crippen LogP contribution in [0.25, 0.3) is 0 Å². The standard InChI is InChI=1S/C9H11BrN2O3/c1-11-9(13)15-6-5-14-8-4-2-3-7(10)12-8/h2-4H,5-6H2,1H3,(H,11,13). The second-order valence-electron chi connectivity index (χ2n) is 2.53. The molecule has 0 bridgehead atoms. The molecule has 0 aromatic carbocycles. The van der Waals surface area contributed by atoms with Crippen LogP contribution in [-0.2, 0) is 4.74 Å². The Morgan fingerprint density at radius 1 is 1.53 bits per heavy atom. The van der Waals surface area contributed by atoms with E-state index in [0.29, 0.717) is 10.5 Å². The molecule has 82 valence electrons. The third kappa shape index (κ3) is 4.64. The fraction of sp³-hybridized carbons (Fsp3) is 0.333. The Balaban J connectivity index is 2.23. The minimum Gasteiger partial charge on any atom is -0.474 e. The summed E-state index contributed by atoms with van der Waals surface area (Å²) in [6.07, 6.45) is -0.471. The molecule has 1 heterocycles. The van der Waals surface area contributed by atoms with Crippen molar-refractivity contribution in [2.75, 3.05) is 20.3 Å². The molecule has 1 aromatic rings. The number of hydrogen-bond donors (Lipinski definition) is 1. The van der Waals surface area contributed by atoms with Gasteiger partial charge >= 0.3 is 6.09 Å². The highest BCUT2D eigenvalue weighted by molar-refractivity contribution is 9.10. The van der Waals surface area contributed by atoms with Gasteiger partial charge in [-0.2, -0.15) is 0 Å². The first-order valence-corrected chi connectivity index (χ1v) is 5.11. The van der Waals surface area contributed by atoms with Crippen LogP contribution in [0.3, 0.4) is 0 Å². The molecule has 0 atom stereocenters. The summed E-state index contributed by atoms with van der Waals surface area (Å²) < 4.78 is 10.7. The van der Waals surface area contributed by atoms with Crippen LogP contribution in [0.1, 0.15) is 0 Å². The molecule has 1 aromatic heterocycles.